The second-order valence-corrected chi connectivity index (χ2v) is 5.27. The van der Waals surface area contributed by atoms with Crippen molar-refractivity contribution in [3.05, 3.63) is 71.6 Å². The van der Waals surface area contributed by atoms with Crippen LogP contribution >= 0.6 is 11.6 Å². The summed E-state index contributed by atoms with van der Waals surface area (Å²) in [6, 6.07) is 12.0. The van der Waals surface area contributed by atoms with Gasteiger partial charge in [0.25, 0.3) is 5.91 Å². The molecule has 5 nitrogen and oxygen atoms in total. The van der Waals surface area contributed by atoms with Crippen LogP contribution in [-0.2, 0) is 0 Å². The van der Waals surface area contributed by atoms with E-state index >= 15 is 0 Å². The lowest BCUT2D eigenvalue weighted by atomic mass is 10.1. The van der Waals surface area contributed by atoms with E-state index in [1.54, 1.807) is 48.9 Å². The van der Waals surface area contributed by atoms with E-state index in [1.165, 1.54) is 0 Å². The number of nitrogens with one attached hydrogen (secondary N) is 1. The van der Waals surface area contributed by atoms with Gasteiger partial charge in [0, 0.05) is 35.5 Å². The number of hydrogen-bond donors (Lipinski definition) is 2. The maximum atomic E-state index is 12.4. The predicted molar refractivity (Wildman–Crippen MR) is 91.3 cm³/mol. The maximum Gasteiger partial charge on any atom is 0.257 e. The summed E-state index contributed by atoms with van der Waals surface area (Å²) in [7, 11) is 0. The third kappa shape index (κ3) is 3.46. The summed E-state index contributed by atoms with van der Waals surface area (Å²) in [6.07, 6.45) is 5.01. The number of carbonyl (C=O) groups excluding carboxylic acids is 1. The van der Waals surface area contributed by atoms with Crippen molar-refractivity contribution in [3.63, 3.8) is 0 Å². The summed E-state index contributed by atoms with van der Waals surface area (Å²) in [5.74, 6) is -0.325. The Hall–Kier alpha value is -2.92. The van der Waals surface area contributed by atoms with Gasteiger partial charge in [0.15, 0.2) is 0 Å². The molecular formula is C17H13ClN4O. The number of carbonyl (C=O) groups is 1. The number of halogens is 1. The Labute approximate surface area is 138 Å². The molecule has 0 saturated heterocycles. The van der Waals surface area contributed by atoms with E-state index in [9.17, 15) is 4.79 Å². The van der Waals surface area contributed by atoms with Crippen molar-refractivity contribution in [2.45, 2.75) is 0 Å². The first-order valence-electron chi connectivity index (χ1n) is 6.86. The van der Waals surface area contributed by atoms with Gasteiger partial charge in [-0.25, -0.2) is 0 Å². The van der Waals surface area contributed by atoms with Crippen LogP contribution in [0.3, 0.4) is 0 Å². The van der Waals surface area contributed by atoms with Crippen LogP contribution in [0.15, 0.2) is 61.1 Å². The lowest BCUT2D eigenvalue weighted by Crippen LogP contribution is -2.13. The monoisotopic (exact) mass is 324 g/mol. The van der Waals surface area contributed by atoms with Gasteiger partial charge in [0.1, 0.15) is 0 Å². The number of benzene rings is 1. The Bertz CT molecular complexity index is 852. The second kappa shape index (κ2) is 6.46. The molecule has 1 amide bonds. The summed E-state index contributed by atoms with van der Waals surface area (Å²) in [5.41, 5.74) is 8.79. The first-order valence-corrected chi connectivity index (χ1v) is 7.24. The van der Waals surface area contributed by atoms with Gasteiger partial charge in [-0.3, -0.25) is 14.8 Å². The Morgan fingerprint density at radius 1 is 1.04 bits per heavy atom. The number of nitrogens with zero attached hydrogens (tertiary/aromatic N) is 2. The number of rotatable bonds is 3. The van der Waals surface area contributed by atoms with Gasteiger partial charge in [0.05, 0.1) is 16.3 Å². The molecule has 0 aliphatic carbocycles. The summed E-state index contributed by atoms with van der Waals surface area (Å²) >= 11 is 6.05. The smallest absolute Gasteiger partial charge is 0.257 e. The molecule has 3 rings (SSSR count). The van der Waals surface area contributed by atoms with Crippen LogP contribution in [-0.4, -0.2) is 15.9 Å². The van der Waals surface area contributed by atoms with Gasteiger partial charge in [-0.1, -0.05) is 11.6 Å². The van der Waals surface area contributed by atoms with Gasteiger partial charge < -0.3 is 11.1 Å². The number of nitrogens with two attached hydrogens (primary N) is 1. The number of hydrogen-bond acceptors (Lipinski definition) is 4. The Kier molecular flexibility index (Phi) is 4.21. The molecule has 0 aliphatic rings. The molecule has 0 fully saturated rings. The van der Waals surface area contributed by atoms with E-state index in [-0.39, 0.29) is 5.91 Å². The van der Waals surface area contributed by atoms with Crippen molar-refractivity contribution in [3.8, 4) is 11.3 Å². The topological polar surface area (TPSA) is 80.9 Å². The molecule has 0 saturated carbocycles. The second-order valence-electron chi connectivity index (χ2n) is 4.86. The van der Waals surface area contributed by atoms with Gasteiger partial charge >= 0.3 is 0 Å². The van der Waals surface area contributed by atoms with Crippen LogP contribution in [0, 0.1) is 0 Å². The van der Waals surface area contributed by atoms with Gasteiger partial charge in [-0.05, 0) is 42.5 Å². The molecule has 3 aromatic rings. The van der Waals surface area contributed by atoms with Crippen molar-refractivity contribution >= 4 is 28.9 Å². The number of aromatic nitrogens is 2. The zero-order chi connectivity index (χ0) is 16.2. The highest BCUT2D eigenvalue weighted by atomic mass is 35.5. The average molecular weight is 325 g/mol. The summed E-state index contributed by atoms with van der Waals surface area (Å²) in [6.45, 7) is 0. The molecule has 0 unspecified atom stereocenters. The SMILES string of the molecule is Nc1ccc(Cl)c(C(=O)Nc2ccnc(-c3ccncc3)c2)c1. The molecule has 23 heavy (non-hydrogen) atoms. The number of nitrogen functional groups attached to an aromatic ring is 1. The number of amides is 1. The highest BCUT2D eigenvalue weighted by Gasteiger charge is 2.11. The van der Waals surface area contributed by atoms with E-state index < -0.39 is 0 Å². The first kappa shape index (κ1) is 15.0. The summed E-state index contributed by atoms with van der Waals surface area (Å²) < 4.78 is 0. The molecule has 114 valence electrons. The molecule has 0 spiro atoms. The minimum atomic E-state index is -0.325. The minimum absolute atomic E-state index is 0.325. The molecule has 0 aliphatic heterocycles. The van der Waals surface area contributed by atoms with Crippen LogP contribution in [0.4, 0.5) is 11.4 Å². The van der Waals surface area contributed by atoms with E-state index in [0.29, 0.717) is 22.0 Å². The van der Waals surface area contributed by atoms with Gasteiger partial charge in [0.2, 0.25) is 0 Å². The van der Waals surface area contributed by atoms with Crippen LogP contribution in [0.5, 0.6) is 0 Å². The molecule has 3 N–H and O–H groups in total. The van der Waals surface area contributed by atoms with Crippen LogP contribution < -0.4 is 11.1 Å². The Morgan fingerprint density at radius 2 is 1.83 bits per heavy atom. The molecule has 2 heterocycles. The fraction of sp³-hybridized carbons (Fsp3) is 0. The highest BCUT2D eigenvalue weighted by Crippen LogP contribution is 2.22. The number of pyridine rings is 2. The molecule has 0 bridgehead atoms. The van der Waals surface area contributed by atoms with Crippen LogP contribution in [0.25, 0.3) is 11.3 Å². The molecule has 6 heteroatoms. The zero-order valence-corrected chi connectivity index (χ0v) is 12.8. The largest absolute Gasteiger partial charge is 0.399 e. The van der Waals surface area contributed by atoms with Crippen molar-refractivity contribution in [2.24, 2.45) is 0 Å². The predicted octanol–water partition coefficient (Wildman–Crippen LogP) is 3.63. The standard InChI is InChI=1S/C17H13ClN4O/c18-15-2-1-12(19)9-14(15)17(23)22-13-5-8-21-16(10-13)11-3-6-20-7-4-11/h1-10H,19H2,(H,21,22,23). The fourth-order valence-corrected chi connectivity index (χ4v) is 2.31. The highest BCUT2D eigenvalue weighted by molar-refractivity contribution is 6.34. The molecule has 0 atom stereocenters. The van der Waals surface area contributed by atoms with Gasteiger partial charge in [-0.2, -0.15) is 0 Å². The van der Waals surface area contributed by atoms with E-state index in [4.69, 9.17) is 17.3 Å². The zero-order valence-electron chi connectivity index (χ0n) is 12.0. The number of anilines is 2. The first-order chi connectivity index (χ1) is 11.1. The summed E-state index contributed by atoms with van der Waals surface area (Å²) in [5, 5.41) is 3.15. The summed E-state index contributed by atoms with van der Waals surface area (Å²) in [4.78, 5) is 20.6. The van der Waals surface area contributed by atoms with E-state index in [1.807, 2.05) is 12.1 Å². The van der Waals surface area contributed by atoms with Crippen molar-refractivity contribution in [1.82, 2.24) is 9.97 Å². The van der Waals surface area contributed by atoms with Crippen molar-refractivity contribution < 1.29 is 4.79 Å². The fourth-order valence-electron chi connectivity index (χ4n) is 2.10. The quantitative estimate of drug-likeness (QED) is 0.721. The van der Waals surface area contributed by atoms with Gasteiger partial charge in [-0.15, -0.1) is 0 Å². The third-order valence-corrected chi connectivity index (χ3v) is 3.56. The van der Waals surface area contributed by atoms with E-state index in [0.717, 1.165) is 11.3 Å². The average Bonchev–Trinajstić information content (AvgIpc) is 2.58. The lowest BCUT2D eigenvalue weighted by molar-refractivity contribution is 0.102. The molecular weight excluding hydrogens is 312 g/mol. The third-order valence-electron chi connectivity index (χ3n) is 3.23. The van der Waals surface area contributed by atoms with Crippen molar-refractivity contribution in [2.75, 3.05) is 11.1 Å². The molecule has 1 aromatic carbocycles. The molecule has 0 radical (unpaired) electrons. The minimum Gasteiger partial charge on any atom is -0.399 e. The maximum absolute atomic E-state index is 12.4. The van der Waals surface area contributed by atoms with Crippen molar-refractivity contribution in [1.29, 1.82) is 0 Å². The molecule has 2 aromatic heterocycles. The van der Waals surface area contributed by atoms with E-state index in [2.05, 4.69) is 15.3 Å². The lowest BCUT2D eigenvalue weighted by Gasteiger charge is -2.09. The van der Waals surface area contributed by atoms with Crippen LogP contribution in [0.1, 0.15) is 10.4 Å². The normalized spacial score (nSPS) is 10.3. The van der Waals surface area contributed by atoms with Crippen LogP contribution in [0.2, 0.25) is 5.02 Å². The Morgan fingerprint density at radius 3 is 2.61 bits per heavy atom. The Balaban J connectivity index is 1.86.